The van der Waals surface area contributed by atoms with Crippen molar-refractivity contribution in [2.45, 2.75) is 46.5 Å². The molecule has 0 radical (unpaired) electrons. The lowest BCUT2D eigenvalue weighted by atomic mass is 10.1. The van der Waals surface area contributed by atoms with Gasteiger partial charge in [-0.25, -0.2) is 4.99 Å². The second-order valence-electron chi connectivity index (χ2n) is 4.67. The maximum atomic E-state index is 11.3. The third kappa shape index (κ3) is 6.07. The predicted molar refractivity (Wildman–Crippen MR) is 75.8 cm³/mol. The largest absolute Gasteiger partial charge is 0.466 e. The second kappa shape index (κ2) is 8.28. The van der Waals surface area contributed by atoms with Crippen molar-refractivity contribution in [3.8, 4) is 0 Å². The molecule has 1 N–H and O–H groups in total. The van der Waals surface area contributed by atoms with Gasteiger partial charge in [-0.1, -0.05) is 0 Å². The summed E-state index contributed by atoms with van der Waals surface area (Å²) in [5.41, 5.74) is -0.0771. The van der Waals surface area contributed by atoms with Crippen molar-refractivity contribution in [2.75, 3.05) is 6.61 Å². The number of rotatable bonds is 6. The summed E-state index contributed by atoms with van der Waals surface area (Å²) in [5.74, 6) is -1.84. The third-order valence-electron chi connectivity index (χ3n) is 2.59. The number of aliphatic hydroxyl groups excluding tert-OH is 1. The monoisotopic (exact) mass is 329 g/mol. The number of carbonyl (C=O) groups excluding carboxylic acids is 3. The first kappa shape index (κ1) is 18.6. The highest BCUT2D eigenvalue weighted by Crippen LogP contribution is 2.26. The molecule has 0 aromatic heterocycles. The Labute approximate surface area is 132 Å². The molecule has 2 unspecified atom stereocenters. The van der Waals surface area contributed by atoms with Crippen LogP contribution < -0.4 is 0 Å². The minimum atomic E-state index is -1.45. The standard InChI is InChI=1S/C14H19NO8/c1-7-15-12(14(19)21-7)13(23-10(4)18)11(22-9(3)17)5-6-20-8(2)16/h11,14,19H,5-6H2,1-4H3/b13-12+. The molecule has 1 aliphatic rings. The number of aliphatic hydroxyl groups is 1. The first-order chi connectivity index (χ1) is 10.7. The molecule has 0 amide bonds. The molecule has 23 heavy (non-hydrogen) atoms. The number of aliphatic imine (C=N–C) groups is 1. The molecule has 1 rings (SSSR count). The van der Waals surface area contributed by atoms with Crippen molar-refractivity contribution in [3.63, 3.8) is 0 Å². The molecule has 1 aliphatic heterocycles. The highest BCUT2D eigenvalue weighted by atomic mass is 16.6. The van der Waals surface area contributed by atoms with Gasteiger partial charge < -0.3 is 24.1 Å². The summed E-state index contributed by atoms with van der Waals surface area (Å²) in [7, 11) is 0. The fraction of sp³-hybridized carbons (Fsp3) is 0.571. The van der Waals surface area contributed by atoms with E-state index in [2.05, 4.69) is 4.99 Å². The van der Waals surface area contributed by atoms with Crippen molar-refractivity contribution in [2.24, 2.45) is 4.99 Å². The zero-order valence-electron chi connectivity index (χ0n) is 13.3. The van der Waals surface area contributed by atoms with Gasteiger partial charge in [-0.05, 0) is 0 Å². The summed E-state index contributed by atoms with van der Waals surface area (Å²) in [5, 5.41) is 9.83. The van der Waals surface area contributed by atoms with E-state index in [1.165, 1.54) is 20.8 Å². The zero-order chi connectivity index (χ0) is 17.6. The Morgan fingerprint density at radius 2 is 1.87 bits per heavy atom. The summed E-state index contributed by atoms with van der Waals surface area (Å²) in [4.78, 5) is 37.4. The summed E-state index contributed by atoms with van der Waals surface area (Å²) >= 11 is 0. The Morgan fingerprint density at radius 3 is 2.30 bits per heavy atom. The summed E-state index contributed by atoms with van der Waals surface area (Å²) in [6.45, 7) is 4.97. The lowest BCUT2D eigenvalue weighted by Gasteiger charge is -2.21. The molecular formula is C14H19NO8. The molecular weight excluding hydrogens is 310 g/mol. The fourth-order valence-electron chi connectivity index (χ4n) is 1.84. The van der Waals surface area contributed by atoms with Crippen molar-refractivity contribution in [1.82, 2.24) is 0 Å². The molecule has 1 heterocycles. The molecule has 9 heteroatoms. The number of hydrogen-bond donors (Lipinski definition) is 1. The minimum Gasteiger partial charge on any atom is -0.466 e. The van der Waals surface area contributed by atoms with E-state index in [0.717, 1.165) is 6.92 Å². The zero-order valence-corrected chi connectivity index (χ0v) is 13.3. The van der Waals surface area contributed by atoms with Crippen LogP contribution in [0.4, 0.5) is 0 Å². The van der Waals surface area contributed by atoms with Gasteiger partial charge in [0.2, 0.25) is 6.29 Å². The van der Waals surface area contributed by atoms with E-state index in [9.17, 15) is 19.5 Å². The number of carbonyl (C=O) groups is 3. The lowest BCUT2D eigenvalue weighted by molar-refractivity contribution is -0.153. The Balaban J connectivity index is 3.11. The maximum absolute atomic E-state index is 11.3. The van der Waals surface area contributed by atoms with E-state index in [1.54, 1.807) is 0 Å². The van der Waals surface area contributed by atoms with Crippen LogP contribution in [0.15, 0.2) is 16.4 Å². The molecule has 0 fully saturated rings. The van der Waals surface area contributed by atoms with Crippen LogP contribution in [0, 0.1) is 0 Å². The minimum absolute atomic E-state index is 0.0204. The molecule has 0 bridgehead atoms. The van der Waals surface area contributed by atoms with Gasteiger partial charge >= 0.3 is 17.9 Å². The van der Waals surface area contributed by atoms with Crippen LogP contribution in [-0.4, -0.2) is 47.9 Å². The molecule has 0 spiro atoms. The van der Waals surface area contributed by atoms with Crippen molar-refractivity contribution in [1.29, 1.82) is 0 Å². The normalized spacial score (nSPS) is 20.0. The quantitative estimate of drug-likeness (QED) is 0.422. The van der Waals surface area contributed by atoms with E-state index in [1.807, 2.05) is 0 Å². The molecule has 128 valence electrons. The first-order valence-corrected chi connectivity index (χ1v) is 6.83. The molecule has 0 aromatic carbocycles. The second-order valence-corrected chi connectivity index (χ2v) is 4.67. The van der Waals surface area contributed by atoms with Crippen LogP contribution >= 0.6 is 0 Å². The van der Waals surface area contributed by atoms with Gasteiger partial charge in [-0.3, -0.25) is 14.4 Å². The van der Waals surface area contributed by atoms with E-state index in [0.29, 0.717) is 0 Å². The molecule has 0 aliphatic carbocycles. The third-order valence-corrected chi connectivity index (χ3v) is 2.59. The van der Waals surface area contributed by atoms with Crippen molar-refractivity contribution >= 4 is 23.8 Å². The lowest BCUT2D eigenvalue weighted by Crippen LogP contribution is -2.27. The van der Waals surface area contributed by atoms with E-state index in [4.69, 9.17) is 18.9 Å². The average molecular weight is 329 g/mol. The summed E-state index contributed by atoms with van der Waals surface area (Å²) in [6, 6.07) is 0. The molecule has 0 aromatic rings. The topological polar surface area (TPSA) is 121 Å². The van der Waals surface area contributed by atoms with E-state index >= 15 is 0 Å². The van der Waals surface area contributed by atoms with Gasteiger partial charge in [-0.15, -0.1) is 0 Å². The van der Waals surface area contributed by atoms with Crippen LogP contribution in [0.25, 0.3) is 0 Å². The van der Waals surface area contributed by atoms with Gasteiger partial charge in [0.05, 0.1) is 6.61 Å². The molecule has 9 nitrogen and oxygen atoms in total. The van der Waals surface area contributed by atoms with Crippen LogP contribution in [0.1, 0.15) is 34.1 Å². The number of esters is 3. The van der Waals surface area contributed by atoms with E-state index in [-0.39, 0.29) is 30.4 Å². The Bertz CT molecular complexity index is 551. The summed E-state index contributed by atoms with van der Waals surface area (Å²) < 4.78 is 19.9. The Morgan fingerprint density at radius 1 is 1.22 bits per heavy atom. The van der Waals surface area contributed by atoms with Gasteiger partial charge in [0.15, 0.2) is 23.5 Å². The van der Waals surface area contributed by atoms with E-state index < -0.39 is 30.3 Å². The van der Waals surface area contributed by atoms with Crippen LogP contribution in [0.5, 0.6) is 0 Å². The van der Waals surface area contributed by atoms with Gasteiger partial charge in [0.25, 0.3) is 0 Å². The predicted octanol–water partition coefficient (Wildman–Crippen LogP) is 0.413. The molecule has 0 saturated heterocycles. The Hall–Kier alpha value is -2.42. The number of ether oxygens (including phenoxy) is 4. The number of nitrogens with zero attached hydrogens (tertiary/aromatic N) is 1. The fourth-order valence-corrected chi connectivity index (χ4v) is 1.84. The van der Waals surface area contributed by atoms with Crippen LogP contribution in [-0.2, 0) is 33.3 Å². The van der Waals surface area contributed by atoms with Gasteiger partial charge in [0.1, 0.15) is 0 Å². The maximum Gasteiger partial charge on any atom is 0.307 e. The SMILES string of the molecule is CC(=O)OCCC(OC(C)=O)/C(OC(C)=O)=C1\N=C(C)OC1O. The molecule has 0 saturated carbocycles. The van der Waals surface area contributed by atoms with Gasteiger partial charge in [-0.2, -0.15) is 0 Å². The van der Waals surface area contributed by atoms with Crippen LogP contribution in [0.3, 0.4) is 0 Å². The van der Waals surface area contributed by atoms with Gasteiger partial charge in [0, 0.05) is 34.1 Å². The molecule has 2 atom stereocenters. The van der Waals surface area contributed by atoms with Crippen molar-refractivity contribution in [3.05, 3.63) is 11.5 Å². The highest BCUT2D eigenvalue weighted by molar-refractivity contribution is 5.77. The average Bonchev–Trinajstić information content (AvgIpc) is 2.72. The smallest absolute Gasteiger partial charge is 0.307 e. The van der Waals surface area contributed by atoms with Crippen LogP contribution in [0.2, 0.25) is 0 Å². The summed E-state index contributed by atoms with van der Waals surface area (Å²) in [6.07, 6.45) is -2.50. The highest BCUT2D eigenvalue weighted by Gasteiger charge is 2.32. The Kier molecular flexibility index (Phi) is 6.70. The van der Waals surface area contributed by atoms with Crippen molar-refractivity contribution < 1.29 is 38.4 Å². The number of hydrogen-bond acceptors (Lipinski definition) is 9. The first-order valence-electron chi connectivity index (χ1n) is 6.83.